The standard InChI is InChI=1S/C55H86N2O15/c1-11-44(60)69-43-31-46(62)68-41(22-15-13-14-19-37-24-25-38-20-16-17-21-39(38)30-37)23-18-27-57(9)33-42(59)34(3)29-40(26-28-58)51(52(43)65-10)72-54-49(63)48(56(7)8)50(35(4)67-54)71-47-32-55(6,64)53(36(5)66-47)70-45(61)12-2/h16-17,20-21,24-25,28,30,34-36,40-43,47-54,59,63-64H,11-15,18-19,22-23,26-27,29,31-33H2,1-10H3/t34-,35?,36?,40+,41+,42+,43-,47+,48?,49?,50+,51+,52+,53+,54+,55?/m1/s1. The minimum absolute atomic E-state index is 0.00117. The first kappa shape index (κ1) is 59.3. The average Bonchev–Trinajstić information content (AvgIpc) is 3.32. The van der Waals surface area contributed by atoms with Crippen LogP contribution in [0.15, 0.2) is 42.5 Å². The fraction of sp³-hybridized carbons (Fsp3) is 0.745. The second-order valence-electron chi connectivity index (χ2n) is 21.0. The normalized spacial score (nSPS) is 34.9. The molecule has 17 heteroatoms. The SMILES string of the molecule is CCC(=O)O[C@@H]1CC(=O)O[C@@H](CCCCCc2ccc3ccccc3c2)CCCN(C)C[C@H](O)[C@H](C)C[C@H](CC=O)[C@H](O[C@@H]2OC(C)[C@H](O[C@H]3CC(C)(O)[C@@H](OC(=O)CC)C(C)O3)C(N(C)C)C2O)[C@H]1OC. The Hall–Kier alpha value is -3.62. The smallest absolute Gasteiger partial charge is 0.309 e. The molecule has 3 aliphatic rings. The molecule has 3 aliphatic heterocycles. The first-order chi connectivity index (χ1) is 34.3. The summed E-state index contributed by atoms with van der Waals surface area (Å²) in [6.45, 7) is 11.2. The summed E-state index contributed by atoms with van der Waals surface area (Å²) in [5, 5.41) is 37.8. The van der Waals surface area contributed by atoms with Gasteiger partial charge in [0.15, 0.2) is 18.7 Å². The molecule has 0 spiro atoms. The molecule has 406 valence electrons. The van der Waals surface area contributed by atoms with E-state index in [1.165, 1.54) is 23.4 Å². The van der Waals surface area contributed by atoms with Crippen LogP contribution in [-0.2, 0) is 63.5 Å². The van der Waals surface area contributed by atoms with Crippen LogP contribution in [0.1, 0.15) is 124 Å². The molecule has 0 aliphatic carbocycles. The van der Waals surface area contributed by atoms with E-state index in [1.54, 1.807) is 53.6 Å². The van der Waals surface area contributed by atoms with E-state index in [4.69, 9.17) is 37.9 Å². The molecule has 3 saturated heterocycles. The van der Waals surface area contributed by atoms with Crippen molar-refractivity contribution in [2.24, 2.45) is 11.8 Å². The topological polar surface area (TPSA) is 209 Å². The molecule has 0 radical (unpaired) electrons. The van der Waals surface area contributed by atoms with Crippen molar-refractivity contribution in [1.29, 1.82) is 0 Å². The van der Waals surface area contributed by atoms with E-state index >= 15 is 0 Å². The number of nitrogens with zero attached hydrogens (tertiary/aromatic N) is 2. The number of fused-ring (bicyclic) bond motifs is 1. The van der Waals surface area contributed by atoms with Crippen LogP contribution in [-0.4, -0.2) is 176 Å². The maximum absolute atomic E-state index is 14.2. The number of rotatable bonds is 18. The Morgan fingerprint density at radius 2 is 1.62 bits per heavy atom. The number of benzene rings is 2. The van der Waals surface area contributed by atoms with E-state index in [1.807, 2.05) is 26.1 Å². The van der Waals surface area contributed by atoms with Gasteiger partial charge in [0.1, 0.15) is 42.4 Å². The van der Waals surface area contributed by atoms with Gasteiger partial charge in [-0.3, -0.25) is 14.4 Å². The van der Waals surface area contributed by atoms with Crippen LogP contribution in [0, 0.1) is 11.8 Å². The quantitative estimate of drug-likeness (QED) is 0.0686. The molecule has 0 aromatic heterocycles. The number of aliphatic hydroxyl groups is 3. The van der Waals surface area contributed by atoms with Gasteiger partial charge in [-0.05, 0) is 122 Å². The van der Waals surface area contributed by atoms with Gasteiger partial charge in [-0.15, -0.1) is 0 Å². The summed E-state index contributed by atoms with van der Waals surface area (Å²) in [5.74, 6) is -2.69. The van der Waals surface area contributed by atoms with Crippen LogP contribution in [0.4, 0.5) is 0 Å². The van der Waals surface area contributed by atoms with Crippen molar-refractivity contribution in [2.75, 3.05) is 41.3 Å². The van der Waals surface area contributed by atoms with Gasteiger partial charge in [-0.1, -0.05) is 69.7 Å². The Labute approximate surface area is 427 Å². The third-order valence-corrected chi connectivity index (χ3v) is 14.8. The van der Waals surface area contributed by atoms with Crippen molar-refractivity contribution in [3.8, 4) is 0 Å². The van der Waals surface area contributed by atoms with Crippen LogP contribution in [0.5, 0.6) is 0 Å². The third kappa shape index (κ3) is 16.7. The molecular formula is C55H86N2O15. The number of aldehydes is 1. The molecular weight excluding hydrogens is 929 g/mol. The van der Waals surface area contributed by atoms with Crippen molar-refractivity contribution in [2.45, 2.75) is 210 Å². The van der Waals surface area contributed by atoms with Crippen LogP contribution in [0.2, 0.25) is 0 Å². The van der Waals surface area contributed by atoms with Crippen molar-refractivity contribution < 1.29 is 72.4 Å². The average molecular weight is 1020 g/mol. The molecule has 17 nitrogen and oxygen atoms in total. The van der Waals surface area contributed by atoms with Crippen LogP contribution in [0.25, 0.3) is 10.8 Å². The zero-order chi connectivity index (χ0) is 52.7. The Morgan fingerprint density at radius 1 is 0.917 bits per heavy atom. The molecule has 2 aromatic carbocycles. The molecule has 0 amide bonds. The van der Waals surface area contributed by atoms with Crippen LogP contribution in [0.3, 0.4) is 0 Å². The monoisotopic (exact) mass is 1010 g/mol. The number of esters is 3. The molecule has 0 saturated carbocycles. The van der Waals surface area contributed by atoms with Gasteiger partial charge in [0.25, 0.3) is 0 Å². The lowest BCUT2D eigenvalue weighted by Crippen LogP contribution is -2.66. The number of ether oxygens (including phenoxy) is 8. The maximum Gasteiger partial charge on any atom is 0.309 e. The van der Waals surface area contributed by atoms with Crippen molar-refractivity contribution in [3.05, 3.63) is 48.0 Å². The summed E-state index contributed by atoms with van der Waals surface area (Å²) in [5.41, 5.74) is -0.220. The molecule has 5 rings (SSSR count). The van der Waals surface area contributed by atoms with E-state index < -0.39 is 109 Å². The Bertz CT molecular complexity index is 2000. The fourth-order valence-electron chi connectivity index (χ4n) is 10.7. The number of unbranched alkanes of at least 4 members (excludes halogenated alkanes) is 2. The molecule has 0 bridgehead atoms. The van der Waals surface area contributed by atoms with E-state index in [9.17, 15) is 34.5 Å². The Kier molecular flexibility index (Phi) is 23.3. The van der Waals surface area contributed by atoms with Crippen molar-refractivity contribution >= 4 is 35.0 Å². The fourth-order valence-corrected chi connectivity index (χ4v) is 10.7. The highest BCUT2D eigenvalue weighted by Crippen LogP contribution is 2.38. The summed E-state index contributed by atoms with van der Waals surface area (Å²) >= 11 is 0. The van der Waals surface area contributed by atoms with Gasteiger partial charge in [0, 0.05) is 39.3 Å². The molecule has 3 N–H and O–H groups in total. The Balaban J connectivity index is 1.38. The second-order valence-corrected chi connectivity index (χ2v) is 21.0. The first-order valence-electron chi connectivity index (χ1n) is 26.4. The molecule has 3 heterocycles. The minimum Gasteiger partial charge on any atom is -0.462 e. The predicted molar refractivity (Wildman–Crippen MR) is 270 cm³/mol. The highest BCUT2D eigenvalue weighted by atomic mass is 16.7. The summed E-state index contributed by atoms with van der Waals surface area (Å²) < 4.78 is 50.0. The number of likely N-dealkylation sites (N-methyl/N-ethyl adjacent to an activating group) is 2. The number of carbonyl (C=O) groups is 4. The Morgan fingerprint density at radius 3 is 2.29 bits per heavy atom. The number of cyclic esters (lactones) is 1. The van der Waals surface area contributed by atoms with Crippen LogP contribution < -0.4 is 0 Å². The second kappa shape index (κ2) is 28.3. The summed E-state index contributed by atoms with van der Waals surface area (Å²) in [7, 11) is 6.89. The first-order valence-corrected chi connectivity index (χ1v) is 26.4. The van der Waals surface area contributed by atoms with E-state index in [-0.39, 0.29) is 44.4 Å². The molecule has 16 atom stereocenters. The number of hydrogen-bond acceptors (Lipinski definition) is 17. The highest BCUT2D eigenvalue weighted by Gasteiger charge is 2.53. The summed E-state index contributed by atoms with van der Waals surface area (Å²) in [4.78, 5) is 56.1. The van der Waals surface area contributed by atoms with E-state index in [0.717, 1.165) is 38.4 Å². The van der Waals surface area contributed by atoms with Gasteiger partial charge < -0.3 is 67.8 Å². The van der Waals surface area contributed by atoms with Gasteiger partial charge >= 0.3 is 17.9 Å². The summed E-state index contributed by atoms with van der Waals surface area (Å²) in [6, 6.07) is 14.1. The van der Waals surface area contributed by atoms with E-state index in [0.29, 0.717) is 25.9 Å². The predicted octanol–water partition coefficient (Wildman–Crippen LogP) is 5.91. The number of aryl methyl sites for hydroxylation is 1. The van der Waals surface area contributed by atoms with Crippen molar-refractivity contribution in [3.63, 3.8) is 0 Å². The zero-order valence-corrected chi connectivity index (χ0v) is 44.5. The van der Waals surface area contributed by atoms with Gasteiger partial charge in [-0.2, -0.15) is 0 Å². The molecule has 2 aromatic rings. The van der Waals surface area contributed by atoms with Crippen LogP contribution >= 0.6 is 0 Å². The molecule has 3 fully saturated rings. The van der Waals surface area contributed by atoms with Gasteiger partial charge in [0.2, 0.25) is 0 Å². The maximum atomic E-state index is 14.2. The lowest BCUT2D eigenvalue weighted by molar-refractivity contribution is -0.344. The minimum atomic E-state index is -1.50. The van der Waals surface area contributed by atoms with Gasteiger partial charge in [-0.25, -0.2) is 0 Å². The summed E-state index contributed by atoms with van der Waals surface area (Å²) in [6.07, 6.45) is -5.49. The lowest BCUT2D eigenvalue weighted by atomic mass is 9.82. The zero-order valence-electron chi connectivity index (χ0n) is 44.5. The number of hydrogen-bond donors (Lipinski definition) is 3. The number of carbonyl (C=O) groups excluding carboxylic acids is 4. The molecule has 72 heavy (non-hydrogen) atoms. The van der Waals surface area contributed by atoms with Crippen molar-refractivity contribution in [1.82, 2.24) is 9.80 Å². The number of methoxy groups -OCH3 is 1. The lowest BCUT2D eigenvalue weighted by Gasteiger charge is -2.50. The van der Waals surface area contributed by atoms with E-state index in [2.05, 4.69) is 35.2 Å². The number of aliphatic hydroxyl groups excluding tert-OH is 2. The third-order valence-electron chi connectivity index (χ3n) is 14.8. The largest absolute Gasteiger partial charge is 0.462 e. The highest BCUT2D eigenvalue weighted by molar-refractivity contribution is 5.83. The number of β-amino-alcohol motifs (C(OH)–C–C–N with tert-alkyl or cyclic N) is 1. The van der Waals surface area contributed by atoms with Gasteiger partial charge in [0.05, 0.1) is 36.9 Å². The molecule has 5 unspecified atom stereocenters.